The van der Waals surface area contributed by atoms with E-state index in [1.54, 1.807) is 0 Å². The van der Waals surface area contributed by atoms with E-state index in [9.17, 15) is 9.90 Å². The summed E-state index contributed by atoms with van der Waals surface area (Å²) in [5, 5.41) is 15.8. The number of hydrogen-bond acceptors (Lipinski definition) is 3. The molecule has 0 saturated carbocycles. The first-order chi connectivity index (χ1) is 9.88. The number of β-amino-alcohol motifs (C(OH)–C–C–N with tert-alkyl or cyclic N) is 1. The maximum atomic E-state index is 12.1. The van der Waals surface area contributed by atoms with Crippen LogP contribution in [0.4, 0.5) is 0 Å². The van der Waals surface area contributed by atoms with Gasteiger partial charge in [-0.15, -0.1) is 12.4 Å². The molecule has 4 nitrogen and oxygen atoms in total. The lowest BCUT2D eigenvalue weighted by Gasteiger charge is -2.25. The molecule has 2 unspecified atom stereocenters. The summed E-state index contributed by atoms with van der Waals surface area (Å²) in [6.07, 6.45) is 0.0992. The van der Waals surface area contributed by atoms with Crippen molar-refractivity contribution in [3.05, 3.63) is 35.4 Å². The van der Waals surface area contributed by atoms with E-state index in [1.165, 1.54) is 11.1 Å². The summed E-state index contributed by atoms with van der Waals surface area (Å²) in [6, 6.07) is 8.34. The zero-order chi connectivity index (χ0) is 15.5. The highest BCUT2D eigenvalue weighted by atomic mass is 35.5. The standard InChI is InChI=1S/C17H26N2O2.ClH/c1-12-4-6-14(7-5-12)17(2,3)8-16(21)19-10-13-9-18-11-15(13)20;/h4-7,13,15,18,20H,8-11H2,1-3H3,(H,19,21);1H. The van der Waals surface area contributed by atoms with Crippen molar-refractivity contribution in [2.75, 3.05) is 19.6 Å². The number of aliphatic hydroxyl groups is 1. The molecule has 0 aromatic heterocycles. The van der Waals surface area contributed by atoms with E-state index in [1.807, 2.05) is 0 Å². The highest BCUT2D eigenvalue weighted by Gasteiger charge is 2.27. The molecule has 3 N–H and O–H groups in total. The molecule has 1 amide bonds. The molecular formula is C17H27ClN2O2. The second-order valence-electron chi connectivity index (χ2n) is 6.72. The lowest BCUT2D eigenvalue weighted by Crippen LogP contribution is -2.37. The molecule has 2 atom stereocenters. The third-order valence-corrected chi connectivity index (χ3v) is 4.30. The van der Waals surface area contributed by atoms with Gasteiger partial charge in [-0.1, -0.05) is 43.7 Å². The van der Waals surface area contributed by atoms with Crippen LogP contribution in [0.2, 0.25) is 0 Å². The number of aryl methyl sites for hydroxylation is 1. The van der Waals surface area contributed by atoms with Crippen molar-refractivity contribution >= 4 is 18.3 Å². The summed E-state index contributed by atoms with van der Waals surface area (Å²) in [5.41, 5.74) is 2.21. The van der Waals surface area contributed by atoms with Gasteiger partial charge in [0.2, 0.25) is 5.91 Å². The number of amides is 1. The van der Waals surface area contributed by atoms with Crippen LogP contribution in [0.3, 0.4) is 0 Å². The zero-order valence-electron chi connectivity index (χ0n) is 13.6. The van der Waals surface area contributed by atoms with Crippen molar-refractivity contribution in [2.45, 2.75) is 38.7 Å². The van der Waals surface area contributed by atoms with E-state index < -0.39 is 0 Å². The highest BCUT2D eigenvalue weighted by molar-refractivity contribution is 5.85. The van der Waals surface area contributed by atoms with E-state index in [2.05, 4.69) is 55.7 Å². The molecule has 1 saturated heterocycles. The molecule has 5 heteroatoms. The van der Waals surface area contributed by atoms with Crippen molar-refractivity contribution in [3.8, 4) is 0 Å². The Balaban J connectivity index is 0.00000242. The van der Waals surface area contributed by atoms with E-state index in [0.717, 1.165) is 6.54 Å². The van der Waals surface area contributed by atoms with Crippen LogP contribution in [0.5, 0.6) is 0 Å². The summed E-state index contributed by atoms with van der Waals surface area (Å²) >= 11 is 0. The Morgan fingerprint density at radius 3 is 2.50 bits per heavy atom. The Bertz CT molecular complexity index is 488. The molecule has 0 aliphatic carbocycles. The summed E-state index contributed by atoms with van der Waals surface area (Å²) in [5.74, 6) is 0.163. The largest absolute Gasteiger partial charge is 0.391 e. The van der Waals surface area contributed by atoms with E-state index in [-0.39, 0.29) is 35.8 Å². The van der Waals surface area contributed by atoms with Gasteiger partial charge in [0.25, 0.3) is 0 Å². The molecule has 1 fully saturated rings. The highest BCUT2D eigenvalue weighted by Crippen LogP contribution is 2.27. The molecule has 1 aliphatic heterocycles. The second-order valence-corrected chi connectivity index (χ2v) is 6.72. The fraction of sp³-hybridized carbons (Fsp3) is 0.588. The number of halogens is 1. The van der Waals surface area contributed by atoms with Gasteiger partial charge < -0.3 is 15.7 Å². The maximum absolute atomic E-state index is 12.1. The van der Waals surface area contributed by atoms with Gasteiger partial charge in [0.15, 0.2) is 0 Å². The lowest BCUT2D eigenvalue weighted by atomic mass is 9.81. The summed E-state index contributed by atoms with van der Waals surface area (Å²) in [6.45, 7) is 8.16. The minimum Gasteiger partial charge on any atom is -0.391 e. The number of aliphatic hydroxyl groups excluding tert-OH is 1. The number of nitrogens with one attached hydrogen (secondary N) is 2. The number of hydrogen-bond donors (Lipinski definition) is 3. The predicted molar refractivity (Wildman–Crippen MR) is 91.4 cm³/mol. The van der Waals surface area contributed by atoms with E-state index in [4.69, 9.17) is 0 Å². The molecule has 0 radical (unpaired) electrons. The van der Waals surface area contributed by atoms with Gasteiger partial charge in [-0.3, -0.25) is 4.79 Å². The van der Waals surface area contributed by atoms with Crippen LogP contribution < -0.4 is 10.6 Å². The van der Waals surface area contributed by atoms with Crippen molar-refractivity contribution in [1.29, 1.82) is 0 Å². The van der Waals surface area contributed by atoms with Crippen LogP contribution in [0, 0.1) is 12.8 Å². The van der Waals surface area contributed by atoms with E-state index >= 15 is 0 Å². The summed E-state index contributed by atoms with van der Waals surface area (Å²) in [7, 11) is 0. The van der Waals surface area contributed by atoms with Crippen LogP contribution in [-0.2, 0) is 10.2 Å². The fourth-order valence-electron chi connectivity index (χ4n) is 2.74. The van der Waals surface area contributed by atoms with Gasteiger partial charge in [-0.2, -0.15) is 0 Å². The van der Waals surface area contributed by atoms with Gasteiger partial charge in [0.1, 0.15) is 0 Å². The Morgan fingerprint density at radius 2 is 1.95 bits per heavy atom. The van der Waals surface area contributed by atoms with Crippen LogP contribution in [0.25, 0.3) is 0 Å². The summed E-state index contributed by atoms with van der Waals surface area (Å²) in [4.78, 5) is 12.1. The fourth-order valence-corrected chi connectivity index (χ4v) is 2.74. The molecule has 0 spiro atoms. The van der Waals surface area contributed by atoms with Gasteiger partial charge in [0, 0.05) is 32.0 Å². The molecule has 1 aliphatic rings. The monoisotopic (exact) mass is 326 g/mol. The topological polar surface area (TPSA) is 61.4 Å². The predicted octanol–water partition coefficient (Wildman–Crippen LogP) is 1.78. The van der Waals surface area contributed by atoms with Gasteiger partial charge in [-0.25, -0.2) is 0 Å². The quantitative estimate of drug-likeness (QED) is 0.773. The first-order valence-corrected chi connectivity index (χ1v) is 7.61. The minimum atomic E-state index is -0.351. The van der Waals surface area contributed by atoms with Crippen LogP contribution in [0.1, 0.15) is 31.4 Å². The number of carbonyl (C=O) groups is 1. The molecular weight excluding hydrogens is 300 g/mol. The van der Waals surface area contributed by atoms with E-state index in [0.29, 0.717) is 19.5 Å². The molecule has 1 aromatic carbocycles. The van der Waals surface area contributed by atoms with Crippen LogP contribution in [0.15, 0.2) is 24.3 Å². The SMILES string of the molecule is Cc1ccc(C(C)(C)CC(=O)NCC2CNCC2O)cc1.Cl. The van der Waals surface area contributed by atoms with Gasteiger partial charge >= 0.3 is 0 Å². The normalized spacial score (nSPS) is 21.3. The van der Waals surface area contributed by atoms with Crippen molar-refractivity contribution in [1.82, 2.24) is 10.6 Å². The molecule has 22 heavy (non-hydrogen) atoms. The smallest absolute Gasteiger partial charge is 0.220 e. The Hall–Kier alpha value is -1.10. The molecule has 1 heterocycles. The average molecular weight is 327 g/mol. The Kier molecular flexibility index (Phi) is 6.85. The maximum Gasteiger partial charge on any atom is 0.220 e. The summed E-state index contributed by atoms with van der Waals surface area (Å²) < 4.78 is 0. The van der Waals surface area contributed by atoms with Crippen LogP contribution in [-0.4, -0.2) is 36.8 Å². The molecule has 1 aromatic rings. The van der Waals surface area contributed by atoms with Gasteiger partial charge in [0.05, 0.1) is 6.10 Å². The first-order valence-electron chi connectivity index (χ1n) is 7.61. The number of carbonyl (C=O) groups excluding carboxylic acids is 1. The van der Waals surface area contributed by atoms with Crippen LogP contribution >= 0.6 is 12.4 Å². The zero-order valence-corrected chi connectivity index (χ0v) is 14.4. The first kappa shape index (κ1) is 18.9. The number of benzene rings is 1. The Labute approximate surface area is 139 Å². The van der Waals surface area contributed by atoms with Crippen molar-refractivity contribution < 1.29 is 9.90 Å². The Morgan fingerprint density at radius 1 is 1.32 bits per heavy atom. The molecule has 2 rings (SSSR count). The lowest BCUT2D eigenvalue weighted by molar-refractivity contribution is -0.122. The van der Waals surface area contributed by atoms with Gasteiger partial charge in [-0.05, 0) is 17.9 Å². The third kappa shape index (κ3) is 4.97. The van der Waals surface area contributed by atoms with Crippen molar-refractivity contribution in [3.63, 3.8) is 0 Å². The second kappa shape index (κ2) is 7.95. The molecule has 0 bridgehead atoms. The van der Waals surface area contributed by atoms with Crippen molar-refractivity contribution in [2.24, 2.45) is 5.92 Å². The molecule has 124 valence electrons. The number of rotatable bonds is 5. The minimum absolute atomic E-state index is 0. The third-order valence-electron chi connectivity index (χ3n) is 4.30. The average Bonchev–Trinajstić information content (AvgIpc) is 2.82.